The van der Waals surface area contributed by atoms with Gasteiger partial charge >= 0.3 is 5.97 Å². The average molecular weight is 445 g/mol. The van der Waals surface area contributed by atoms with Crippen LogP contribution in [-0.4, -0.2) is 29.7 Å². The van der Waals surface area contributed by atoms with Crippen LogP contribution < -0.4 is 10.6 Å². The summed E-state index contributed by atoms with van der Waals surface area (Å²) < 4.78 is 5.39. The van der Waals surface area contributed by atoms with E-state index in [4.69, 9.17) is 4.74 Å². The monoisotopic (exact) mass is 444 g/mol. The lowest BCUT2D eigenvalue weighted by molar-refractivity contribution is -0.124. The highest BCUT2D eigenvalue weighted by Gasteiger charge is 2.29. The van der Waals surface area contributed by atoms with E-state index in [-0.39, 0.29) is 17.3 Å². The number of aryl methyl sites for hydroxylation is 1. The molecule has 1 aromatic heterocycles. The quantitative estimate of drug-likeness (QED) is 0.495. The van der Waals surface area contributed by atoms with Crippen LogP contribution in [0.25, 0.3) is 0 Å². The zero-order valence-corrected chi connectivity index (χ0v) is 19.7. The zero-order chi connectivity index (χ0) is 23.5. The molecule has 0 aliphatic carbocycles. The summed E-state index contributed by atoms with van der Waals surface area (Å²) in [6, 6.07) is 6.61. The van der Waals surface area contributed by atoms with E-state index in [1.165, 1.54) is 25.2 Å². The van der Waals surface area contributed by atoms with Gasteiger partial charge in [-0.1, -0.05) is 32.9 Å². The van der Waals surface area contributed by atoms with Gasteiger partial charge in [-0.15, -0.1) is 11.3 Å². The molecule has 0 aliphatic rings. The van der Waals surface area contributed by atoms with Crippen molar-refractivity contribution in [2.45, 2.75) is 54.6 Å². The Morgan fingerprint density at radius 1 is 1.03 bits per heavy atom. The van der Waals surface area contributed by atoms with Crippen LogP contribution in [0, 0.1) is 19.3 Å². The van der Waals surface area contributed by atoms with Crippen molar-refractivity contribution < 1.29 is 23.9 Å². The third kappa shape index (κ3) is 5.79. The number of amides is 2. The number of carbonyl (C=O) groups is 4. The summed E-state index contributed by atoms with van der Waals surface area (Å²) in [7, 11) is 0. The normalized spacial score (nSPS) is 12.1. The summed E-state index contributed by atoms with van der Waals surface area (Å²) in [4.78, 5) is 50.5. The molecule has 1 unspecified atom stereocenters. The van der Waals surface area contributed by atoms with Crippen molar-refractivity contribution in [3.8, 4) is 0 Å². The molecule has 31 heavy (non-hydrogen) atoms. The van der Waals surface area contributed by atoms with Gasteiger partial charge in [-0.05, 0) is 45.4 Å². The molecule has 0 spiro atoms. The molecule has 8 heteroatoms. The Morgan fingerprint density at radius 3 is 2.23 bits per heavy atom. The molecule has 0 saturated heterocycles. The van der Waals surface area contributed by atoms with Crippen molar-refractivity contribution in [1.29, 1.82) is 0 Å². The summed E-state index contributed by atoms with van der Waals surface area (Å²) in [6.07, 6.45) is -1.11. The summed E-state index contributed by atoms with van der Waals surface area (Å²) in [5, 5.41) is 5.82. The number of ether oxygens (including phenoxy) is 1. The fourth-order valence-corrected chi connectivity index (χ4v) is 3.70. The number of Topliss-reactive ketones (excluding diaryl/α,β-unsaturated/α-hetero) is 1. The Hall–Kier alpha value is -3.00. The summed E-state index contributed by atoms with van der Waals surface area (Å²) in [6.45, 7) is 11.8. The fraction of sp³-hybridized carbons (Fsp3) is 0.391. The highest BCUT2D eigenvalue weighted by atomic mass is 32.1. The van der Waals surface area contributed by atoms with Crippen molar-refractivity contribution in [1.82, 2.24) is 0 Å². The number of benzene rings is 1. The van der Waals surface area contributed by atoms with Gasteiger partial charge in [0.1, 0.15) is 5.00 Å². The van der Waals surface area contributed by atoms with Crippen LogP contribution in [0.1, 0.15) is 65.8 Å². The van der Waals surface area contributed by atoms with Gasteiger partial charge in [0.2, 0.25) is 5.91 Å². The minimum atomic E-state index is -1.11. The number of nitrogens with one attached hydrogen (secondary N) is 2. The standard InChI is InChI=1S/C23H28N2O5S/c1-12-15(4)31-20(25-22(29)23(5,6)7)18(12)21(28)30-14(3)19(27)24-17-11-9-8-10-16(17)13(2)26/h8-11,14H,1-7H3,(H,24,27)(H,25,29). The average Bonchev–Trinajstić information content (AvgIpc) is 2.94. The van der Waals surface area contributed by atoms with Crippen LogP contribution in [-0.2, 0) is 14.3 Å². The Labute approximate surface area is 186 Å². The van der Waals surface area contributed by atoms with Crippen LogP contribution in [0.5, 0.6) is 0 Å². The van der Waals surface area contributed by atoms with Gasteiger partial charge < -0.3 is 15.4 Å². The molecule has 166 valence electrons. The number of hydrogen-bond acceptors (Lipinski definition) is 6. The number of esters is 1. The van der Waals surface area contributed by atoms with Crippen LogP contribution in [0.15, 0.2) is 24.3 Å². The first-order valence-corrected chi connectivity index (χ1v) is 10.7. The number of thiophene rings is 1. The number of carbonyl (C=O) groups excluding carboxylic acids is 4. The lowest BCUT2D eigenvalue weighted by Gasteiger charge is -2.18. The Kier molecular flexibility index (Phi) is 7.38. The van der Waals surface area contributed by atoms with Gasteiger partial charge in [0, 0.05) is 15.9 Å². The predicted octanol–water partition coefficient (Wildman–Crippen LogP) is 4.74. The molecule has 2 aromatic rings. The summed E-state index contributed by atoms with van der Waals surface area (Å²) in [5.41, 5.74) is 1.01. The largest absolute Gasteiger partial charge is 0.449 e. The molecule has 2 N–H and O–H groups in total. The van der Waals surface area contributed by atoms with Gasteiger partial charge in [0.25, 0.3) is 5.91 Å². The Balaban J connectivity index is 2.19. The predicted molar refractivity (Wildman–Crippen MR) is 122 cm³/mol. The molecule has 0 saturated carbocycles. The van der Waals surface area contributed by atoms with Crippen LogP contribution in [0.2, 0.25) is 0 Å². The van der Waals surface area contributed by atoms with E-state index < -0.39 is 23.4 Å². The zero-order valence-electron chi connectivity index (χ0n) is 18.8. The summed E-state index contributed by atoms with van der Waals surface area (Å²) >= 11 is 1.29. The molecule has 0 bridgehead atoms. The van der Waals surface area contributed by atoms with Gasteiger partial charge in [-0.3, -0.25) is 14.4 Å². The van der Waals surface area contributed by atoms with Crippen molar-refractivity contribution >= 4 is 45.6 Å². The van der Waals surface area contributed by atoms with Crippen molar-refractivity contribution in [3.05, 3.63) is 45.8 Å². The maximum absolute atomic E-state index is 12.9. The van der Waals surface area contributed by atoms with E-state index in [0.717, 1.165) is 4.88 Å². The second-order valence-electron chi connectivity index (χ2n) is 8.33. The van der Waals surface area contributed by atoms with Crippen molar-refractivity contribution in [3.63, 3.8) is 0 Å². The third-order valence-electron chi connectivity index (χ3n) is 4.71. The molecule has 2 amide bonds. The second-order valence-corrected chi connectivity index (χ2v) is 9.55. The third-order valence-corrected chi connectivity index (χ3v) is 5.84. The Bertz CT molecular complexity index is 1030. The minimum Gasteiger partial charge on any atom is -0.449 e. The highest BCUT2D eigenvalue weighted by molar-refractivity contribution is 7.16. The van der Waals surface area contributed by atoms with Gasteiger partial charge in [0.15, 0.2) is 11.9 Å². The highest BCUT2D eigenvalue weighted by Crippen LogP contribution is 2.34. The van der Waals surface area contributed by atoms with Crippen LogP contribution in [0.3, 0.4) is 0 Å². The number of rotatable bonds is 6. The first kappa shape index (κ1) is 24.3. The topological polar surface area (TPSA) is 102 Å². The molecule has 0 fully saturated rings. The first-order valence-electron chi connectivity index (χ1n) is 9.86. The minimum absolute atomic E-state index is 0.191. The maximum Gasteiger partial charge on any atom is 0.342 e. The molecule has 1 heterocycles. The number of ketones is 1. The fourth-order valence-electron chi connectivity index (χ4n) is 2.66. The number of para-hydroxylation sites is 1. The molecule has 1 atom stereocenters. The second kappa shape index (κ2) is 9.43. The SMILES string of the molecule is CC(=O)c1ccccc1NC(=O)C(C)OC(=O)c1c(NC(=O)C(C)(C)C)sc(C)c1C. The number of anilines is 2. The molecule has 1 aromatic carbocycles. The van der Waals surface area contributed by atoms with Gasteiger partial charge in [0.05, 0.1) is 11.3 Å². The van der Waals surface area contributed by atoms with E-state index in [2.05, 4.69) is 10.6 Å². The van der Waals surface area contributed by atoms with E-state index in [1.54, 1.807) is 52.0 Å². The van der Waals surface area contributed by atoms with Crippen LogP contribution >= 0.6 is 11.3 Å². The Morgan fingerprint density at radius 2 is 1.65 bits per heavy atom. The molecular weight excluding hydrogens is 416 g/mol. The first-order chi connectivity index (χ1) is 14.3. The molecule has 7 nitrogen and oxygen atoms in total. The lowest BCUT2D eigenvalue weighted by atomic mass is 9.96. The summed E-state index contributed by atoms with van der Waals surface area (Å²) in [5.74, 6) is -1.68. The molecule has 0 aliphatic heterocycles. The van der Waals surface area contributed by atoms with E-state index >= 15 is 0 Å². The molecule has 0 radical (unpaired) electrons. The van der Waals surface area contributed by atoms with E-state index in [1.807, 2.05) is 6.92 Å². The van der Waals surface area contributed by atoms with E-state index in [9.17, 15) is 19.2 Å². The van der Waals surface area contributed by atoms with Gasteiger partial charge in [-0.25, -0.2) is 4.79 Å². The van der Waals surface area contributed by atoms with E-state index in [0.29, 0.717) is 21.8 Å². The smallest absolute Gasteiger partial charge is 0.342 e. The van der Waals surface area contributed by atoms with Crippen molar-refractivity contribution in [2.24, 2.45) is 5.41 Å². The maximum atomic E-state index is 12.9. The van der Waals surface area contributed by atoms with Crippen LogP contribution in [0.4, 0.5) is 10.7 Å². The van der Waals surface area contributed by atoms with Gasteiger partial charge in [-0.2, -0.15) is 0 Å². The molecule has 2 rings (SSSR count). The lowest BCUT2D eigenvalue weighted by Crippen LogP contribution is -2.31. The van der Waals surface area contributed by atoms with Crippen molar-refractivity contribution in [2.75, 3.05) is 10.6 Å². The number of hydrogen-bond donors (Lipinski definition) is 2. The molecular formula is C23H28N2O5S.